The smallest absolute Gasteiger partial charge is 0.293 e. The predicted octanol–water partition coefficient (Wildman–Crippen LogP) is 3.59. The number of anilines is 2. The van der Waals surface area contributed by atoms with Gasteiger partial charge >= 0.3 is 0 Å². The van der Waals surface area contributed by atoms with Crippen LogP contribution in [0.4, 0.5) is 16.2 Å². The molecule has 6 heteroatoms. The first-order valence-corrected chi connectivity index (χ1v) is 8.39. The van der Waals surface area contributed by atoms with Gasteiger partial charge in [-0.2, -0.15) is 0 Å². The molecule has 0 aliphatic carbocycles. The van der Waals surface area contributed by atoms with Gasteiger partial charge in [-0.1, -0.05) is 36.4 Å². The molecular weight excluding hydrogens is 324 g/mol. The van der Waals surface area contributed by atoms with Crippen LogP contribution >= 0.6 is 11.8 Å². The Labute approximate surface area is 144 Å². The Morgan fingerprint density at radius 1 is 1.08 bits per heavy atom. The summed E-state index contributed by atoms with van der Waals surface area (Å²) in [6.07, 6.45) is -0.0352. The van der Waals surface area contributed by atoms with Crippen LogP contribution in [0.1, 0.15) is 12.0 Å². The van der Waals surface area contributed by atoms with Crippen LogP contribution in [0, 0.1) is 6.92 Å². The molecule has 1 aliphatic rings. The molecule has 122 valence electrons. The molecule has 24 heavy (non-hydrogen) atoms. The lowest BCUT2D eigenvalue weighted by atomic mass is 10.1. The minimum atomic E-state index is -0.694. The van der Waals surface area contributed by atoms with Crippen molar-refractivity contribution in [3.63, 3.8) is 0 Å². The summed E-state index contributed by atoms with van der Waals surface area (Å²) in [4.78, 5) is 38.1. The highest BCUT2D eigenvalue weighted by atomic mass is 32.2. The lowest BCUT2D eigenvalue weighted by Gasteiger charge is -2.16. The fourth-order valence-corrected chi connectivity index (χ4v) is 3.50. The number of nitrogens with one attached hydrogen (secondary N) is 1. The van der Waals surface area contributed by atoms with Gasteiger partial charge in [0.05, 0.1) is 5.69 Å². The monoisotopic (exact) mass is 340 g/mol. The number of imide groups is 1. The summed E-state index contributed by atoms with van der Waals surface area (Å²) in [5.74, 6) is -0.631. The van der Waals surface area contributed by atoms with E-state index in [0.29, 0.717) is 11.4 Å². The second-order valence-corrected chi connectivity index (χ2v) is 6.60. The zero-order valence-electron chi connectivity index (χ0n) is 13.1. The largest absolute Gasteiger partial charge is 0.326 e. The van der Waals surface area contributed by atoms with Crippen LogP contribution in [0.2, 0.25) is 0 Å². The van der Waals surface area contributed by atoms with Crippen LogP contribution < -0.4 is 10.2 Å². The highest BCUT2D eigenvalue weighted by Gasteiger charge is 2.41. The SMILES string of the molecule is Cc1ccccc1N1C(=O)S[C@@H](CC(=O)Nc2ccccc2)C1=O. The molecule has 0 spiro atoms. The number of hydrogen-bond donors (Lipinski definition) is 1. The molecule has 0 saturated carbocycles. The molecule has 1 aliphatic heterocycles. The van der Waals surface area contributed by atoms with Crippen molar-refractivity contribution in [1.82, 2.24) is 0 Å². The number of amides is 3. The summed E-state index contributed by atoms with van der Waals surface area (Å²) in [7, 11) is 0. The Balaban J connectivity index is 1.70. The summed E-state index contributed by atoms with van der Waals surface area (Å²) < 4.78 is 0. The molecule has 2 aromatic rings. The molecule has 1 fully saturated rings. The van der Waals surface area contributed by atoms with Crippen LogP contribution in [0.15, 0.2) is 54.6 Å². The van der Waals surface area contributed by atoms with Gasteiger partial charge in [0.15, 0.2) is 0 Å². The normalized spacial score (nSPS) is 17.2. The first kappa shape index (κ1) is 16.3. The molecule has 0 unspecified atom stereocenters. The second kappa shape index (κ2) is 6.88. The van der Waals surface area contributed by atoms with E-state index in [1.54, 1.807) is 24.3 Å². The average molecular weight is 340 g/mol. The molecule has 0 radical (unpaired) electrons. The van der Waals surface area contributed by atoms with Gasteiger partial charge < -0.3 is 5.32 Å². The minimum absolute atomic E-state index is 0.0352. The van der Waals surface area contributed by atoms with E-state index in [-0.39, 0.29) is 23.5 Å². The van der Waals surface area contributed by atoms with Gasteiger partial charge in [0, 0.05) is 12.1 Å². The lowest BCUT2D eigenvalue weighted by Crippen LogP contribution is -2.33. The Hall–Kier alpha value is -2.60. The number of thioether (sulfide) groups is 1. The lowest BCUT2D eigenvalue weighted by molar-refractivity contribution is -0.121. The van der Waals surface area contributed by atoms with Crippen molar-refractivity contribution < 1.29 is 14.4 Å². The van der Waals surface area contributed by atoms with Crippen molar-refractivity contribution in [2.75, 3.05) is 10.2 Å². The molecular formula is C18H16N2O3S. The van der Waals surface area contributed by atoms with E-state index in [9.17, 15) is 14.4 Å². The molecule has 1 N–H and O–H groups in total. The van der Waals surface area contributed by atoms with E-state index in [1.165, 1.54) is 4.90 Å². The predicted molar refractivity (Wildman–Crippen MR) is 95.1 cm³/mol. The summed E-state index contributed by atoms with van der Waals surface area (Å²) in [5.41, 5.74) is 2.08. The number of aryl methyl sites for hydroxylation is 1. The maximum absolute atomic E-state index is 12.6. The van der Waals surface area contributed by atoms with Crippen molar-refractivity contribution in [3.8, 4) is 0 Å². The molecule has 1 saturated heterocycles. The van der Waals surface area contributed by atoms with E-state index in [0.717, 1.165) is 17.3 Å². The first-order valence-electron chi connectivity index (χ1n) is 7.51. The van der Waals surface area contributed by atoms with Gasteiger partial charge in [-0.15, -0.1) is 0 Å². The van der Waals surface area contributed by atoms with E-state index >= 15 is 0 Å². The molecule has 1 atom stereocenters. The van der Waals surface area contributed by atoms with Crippen molar-refractivity contribution in [1.29, 1.82) is 0 Å². The zero-order valence-corrected chi connectivity index (χ0v) is 13.9. The Morgan fingerprint density at radius 3 is 2.46 bits per heavy atom. The van der Waals surface area contributed by atoms with Crippen molar-refractivity contribution >= 4 is 40.2 Å². The molecule has 0 bridgehead atoms. The van der Waals surface area contributed by atoms with Crippen LogP contribution in [0.25, 0.3) is 0 Å². The van der Waals surface area contributed by atoms with Gasteiger partial charge in [0.25, 0.3) is 5.24 Å². The minimum Gasteiger partial charge on any atom is -0.326 e. The van der Waals surface area contributed by atoms with E-state index < -0.39 is 5.25 Å². The van der Waals surface area contributed by atoms with Gasteiger partial charge in [0.2, 0.25) is 11.8 Å². The standard InChI is InChI=1S/C18H16N2O3S/c1-12-7-5-6-10-14(12)20-17(22)15(24-18(20)23)11-16(21)19-13-8-3-2-4-9-13/h2-10,15H,11H2,1H3,(H,19,21)/t15-/m0/s1. The summed E-state index contributed by atoms with van der Waals surface area (Å²) in [6.45, 7) is 1.84. The van der Waals surface area contributed by atoms with Crippen LogP contribution in [-0.4, -0.2) is 22.3 Å². The molecule has 1 heterocycles. The number of carbonyl (C=O) groups excluding carboxylic acids is 3. The maximum Gasteiger partial charge on any atom is 0.293 e. The number of nitrogens with zero attached hydrogens (tertiary/aromatic N) is 1. The molecule has 5 nitrogen and oxygen atoms in total. The number of para-hydroxylation sites is 2. The molecule has 3 amide bonds. The third-order valence-electron chi connectivity index (χ3n) is 3.71. The van der Waals surface area contributed by atoms with Crippen LogP contribution in [0.3, 0.4) is 0 Å². The Morgan fingerprint density at radius 2 is 1.75 bits per heavy atom. The summed E-state index contributed by atoms with van der Waals surface area (Å²) in [5, 5.41) is 1.70. The second-order valence-electron chi connectivity index (χ2n) is 5.45. The topological polar surface area (TPSA) is 66.5 Å². The van der Waals surface area contributed by atoms with E-state index in [1.807, 2.05) is 37.3 Å². The number of benzene rings is 2. The van der Waals surface area contributed by atoms with Crippen molar-refractivity contribution in [2.24, 2.45) is 0 Å². The quantitative estimate of drug-likeness (QED) is 0.923. The van der Waals surface area contributed by atoms with Gasteiger partial charge in [0.1, 0.15) is 5.25 Å². The maximum atomic E-state index is 12.6. The van der Waals surface area contributed by atoms with Crippen LogP contribution in [-0.2, 0) is 9.59 Å². The number of rotatable bonds is 4. The third-order valence-corrected chi connectivity index (χ3v) is 4.74. The third kappa shape index (κ3) is 3.33. The van der Waals surface area contributed by atoms with E-state index in [2.05, 4.69) is 5.32 Å². The van der Waals surface area contributed by atoms with Crippen molar-refractivity contribution in [3.05, 3.63) is 60.2 Å². The molecule has 3 rings (SSSR count). The zero-order chi connectivity index (χ0) is 17.1. The van der Waals surface area contributed by atoms with Gasteiger partial charge in [-0.25, -0.2) is 4.90 Å². The molecule has 0 aromatic heterocycles. The fourth-order valence-electron chi connectivity index (χ4n) is 2.52. The van der Waals surface area contributed by atoms with Crippen LogP contribution in [0.5, 0.6) is 0 Å². The highest BCUT2D eigenvalue weighted by Crippen LogP contribution is 2.34. The summed E-state index contributed by atoms with van der Waals surface area (Å²) in [6, 6.07) is 16.2. The highest BCUT2D eigenvalue weighted by molar-refractivity contribution is 8.15. The average Bonchev–Trinajstić information content (AvgIpc) is 2.83. The van der Waals surface area contributed by atoms with Gasteiger partial charge in [-0.3, -0.25) is 14.4 Å². The summed E-state index contributed by atoms with van der Waals surface area (Å²) >= 11 is 0.901. The number of carbonyl (C=O) groups is 3. The Kier molecular flexibility index (Phi) is 4.66. The molecule has 2 aromatic carbocycles. The fraction of sp³-hybridized carbons (Fsp3) is 0.167. The number of hydrogen-bond acceptors (Lipinski definition) is 4. The Bertz CT molecular complexity index is 792. The first-order chi connectivity index (χ1) is 11.6. The van der Waals surface area contributed by atoms with Gasteiger partial charge in [-0.05, 0) is 42.4 Å². The van der Waals surface area contributed by atoms with Crippen molar-refractivity contribution in [2.45, 2.75) is 18.6 Å². The van der Waals surface area contributed by atoms with E-state index in [4.69, 9.17) is 0 Å².